The van der Waals surface area contributed by atoms with Crippen molar-refractivity contribution in [1.82, 2.24) is 4.98 Å². The van der Waals surface area contributed by atoms with E-state index in [9.17, 15) is 18.0 Å². The van der Waals surface area contributed by atoms with Crippen molar-refractivity contribution in [2.75, 3.05) is 10.0 Å². The third-order valence-corrected chi connectivity index (χ3v) is 5.85. The van der Waals surface area contributed by atoms with Gasteiger partial charge in [0.1, 0.15) is 5.15 Å². The van der Waals surface area contributed by atoms with E-state index in [1.807, 2.05) is 0 Å². The molecule has 1 aliphatic heterocycles. The number of carboxylic acid groups (broad SMARTS) is 1. The molecule has 1 amide bonds. The Bertz CT molecular complexity index is 1260. The molecule has 0 radical (unpaired) electrons. The molecule has 2 heterocycles. The number of anilines is 2. The van der Waals surface area contributed by atoms with Crippen LogP contribution in [0.4, 0.5) is 11.4 Å². The molecule has 1 aromatic heterocycles. The molecule has 0 bridgehead atoms. The number of carbonyl (C=O) groups is 2. The molecule has 27 heavy (non-hydrogen) atoms. The van der Waals surface area contributed by atoms with E-state index in [1.165, 1.54) is 12.1 Å². The largest absolute Gasteiger partial charge is 0.478 e. The second-order valence-corrected chi connectivity index (χ2v) is 7.78. The number of nitrogens with one attached hydrogen (secondary N) is 2. The third kappa shape index (κ3) is 2.77. The first kappa shape index (κ1) is 17.3. The summed E-state index contributed by atoms with van der Waals surface area (Å²) in [5.74, 6) is -1.63. The van der Waals surface area contributed by atoms with Gasteiger partial charge in [-0.25, -0.2) is 18.2 Å². The van der Waals surface area contributed by atoms with E-state index in [1.54, 1.807) is 18.2 Å². The van der Waals surface area contributed by atoms with Crippen LogP contribution >= 0.6 is 11.6 Å². The molecule has 1 aliphatic rings. The van der Waals surface area contributed by atoms with Gasteiger partial charge in [0.15, 0.2) is 0 Å². The van der Waals surface area contributed by atoms with Crippen LogP contribution in [-0.4, -0.2) is 30.4 Å². The minimum Gasteiger partial charge on any atom is -0.478 e. The van der Waals surface area contributed by atoms with Crippen molar-refractivity contribution in [2.24, 2.45) is 0 Å². The molecule has 0 atom stereocenters. The van der Waals surface area contributed by atoms with E-state index in [4.69, 9.17) is 16.7 Å². The first-order chi connectivity index (χ1) is 12.8. The van der Waals surface area contributed by atoms with E-state index in [2.05, 4.69) is 15.0 Å². The summed E-state index contributed by atoms with van der Waals surface area (Å²) in [6, 6.07) is 8.77. The van der Waals surface area contributed by atoms with E-state index in [0.29, 0.717) is 22.0 Å². The highest BCUT2D eigenvalue weighted by Crippen LogP contribution is 2.37. The summed E-state index contributed by atoms with van der Waals surface area (Å²) in [6.07, 6.45) is 1.12. The fraction of sp³-hybridized carbons (Fsp3) is 0. The Kier molecular flexibility index (Phi) is 3.79. The van der Waals surface area contributed by atoms with Gasteiger partial charge in [0.2, 0.25) is 0 Å². The number of amides is 1. The second kappa shape index (κ2) is 5.93. The van der Waals surface area contributed by atoms with Crippen molar-refractivity contribution < 1.29 is 23.1 Å². The van der Waals surface area contributed by atoms with Crippen LogP contribution in [0.15, 0.2) is 47.5 Å². The third-order valence-electron chi connectivity index (χ3n) is 4.10. The molecule has 8 nitrogen and oxygen atoms in total. The number of sulfonamides is 1. The zero-order chi connectivity index (χ0) is 19.3. The second-order valence-electron chi connectivity index (χ2n) is 5.77. The van der Waals surface area contributed by atoms with Crippen molar-refractivity contribution in [2.45, 2.75) is 4.90 Å². The van der Waals surface area contributed by atoms with Gasteiger partial charge in [-0.15, -0.1) is 0 Å². The Balaban J connectivity index is 1.83. The number of hydrogen-bond donors (Lipinski definition) is 3. The van der Waals surface area contributed by atoms with Crippen molar-refractivity contribution >= 4 is 55.6 Å². The summed E-state index contributed by atoms with van der Waals surface area (Å²) in [5, 5.41) is 12.4. The van der Waals surface area contributed by atoms with E-state index in [-0.39, 0.29) is 27.2 Å². The number of aromatic nitrogens is 1. The summed E-state index contributed by atoms with van der Waals surface area (Å²) in [4.78, 5) is 26.8. The lowest BCUT2D eigenvalue weighted by Gasteiger charge is -2.12. The molecule has 0 aliphatic carbocycles. The van der Waals surface area contributed by atoms with Gasteiger partial charge in [-0.05, 0) is 24.3 Å². The fourth-order valence-corrected chi connectivity index (χ4v) is 4.38. The van der Waals surface area contributed by atoms with Crippen molar-refractivity contribution in [3.05, 3.63) is 58.9 Å². The molecule has 136 valence electrons. The van der Waals surface area contributed by atoms with Crippen LogP contribution in [-0.2, 0) is 10.0 Å². The number of benzene rings is 2. The molecular formula is C17H10ClN3O5S. The van der Waals surface area contributed by atoms with Gasteiger partial charge in [-0.2, -0.15) is 0 Å². The highest BCUT2D eigenvalue weighted by atomic mass is 35.5. The first-order valence-electron chi connectivity index (χ1n) is 7.56. The fourth-order valence-electron chi connectivity index (χ4n) is 2.96. The number of nitrogens with zero attached hydrogens (tertiary/aromatic N) is 1. The van der Waals surface area contributed by atoms with E-state index in [0.717, 1.165) is 12.3 Å². The SMILES string of the molecule is O=C(O)c1cc(NS(=O)(=O)c2ccc3c4c(cccc24)C(=O)N3)cnc1Cl. The Morgan fingerprint density at radius 1 is 1.22 bits per heavy atom. The van der Waals surface area contributed by atoms with Crippen LogP contribution < -0.4 is 10.0 Å². The number of pyridine rings is 1. The maximum absolute atomic E-state index is 12.9. The summed E-state index contributed by atoms with van der Waals surface area (Å²) < 4.78 is 28.1. The molecule has 4 rings (SSSR count). The minimum atomic E-state index is -4.08. The lowest BCUT2D eigenvalue weighted by Crippen LogP contribution is -2.14. The molecule has 3 N–H and O–H groups in total. The first-order valence-corrected chi connectivity index (χ1v) is 9.43. The number of aromatic carboxylic acids is 1. The highest BCUT2D eigenvalue weighted by Gasteiger charge is 2.26. The summed E-state index contributed by atoms with van der Waals surface area (Å²) in [6.45, 7) is 0. The minimum absolute atomic E-state index is 0.0470. The standard InChI is InChI=1S/C17H10ClN3O5S/c18-15-11(17(23)24)6-8(7-19-15)21-27(25,26)13-5-4-12-14-9(13)2-1-3-10(14)16(22)20-12/h1-7,21H,(H,20,22)(H,23,24). The lowest BCUT2D eigenvalue weighted by molar-refractivity contribution is 0.0696. The maximum Gasteiger partial charge on any atom is 0.338 e. The predicted octanol–water partition coefficient (Wildman–Crippen LogP) is 2.95. The Morgan fingerprint density at radius 3 is 2.74 bits per heavy atom. The number of rotatable bonds is 4. The molecule has 0 saturated heterocycles. The lowest BCUT2D eigenvalue weighted by atomic mass is 10.1. The van der Waals surface area contributed by atoms with Crippen molar-refractivity contribution in [1.29, 1.82) is 0 Å². The quantitative estimate of drug-likeness (QED) is 0.575. The van der Waals surface area contributed by atoms with Gasteiger partial charge < -0.3 is 10.4 Å². The maximum atomic E-state index is 12.9. The molecule has 0 unspecified atom stereocenters. The molecule has 0 spiro atoms. The number of carboxylic acids is 1. The van der Waals surface area contributed by atoms with Crippen LogP contribution in [0.1, 0.15) is 20.7 Å². The summed E-state index contributed by atoms with van der Waals surface area (Å²) in [7, 11) is -4.08. The van der Waals surface area contributed by atoms with Gasteiger partial charge in [0, 0.05) is 22.0 Å². The Labute approximate surface area is 157 Å². The monoisotopic (exact) mass is 403 g/mol. The number of halogens is 1. The Morgan fingerprint density at radius 2 is 2.00 bits per heavy atom. The van der Waals surface area contributed by atoms with Crippen LogP contribution in [0.25, 0.3) is 10.8 Å². The van der Waals surface area contributed by atoms with Gasteiger partial charge in [0.25, 0.3) is 15.9 Å². The zero-order valence-corrected chi connectivity index (χ0v) is 14.9. The van der Waals surface area contributed by atoms with Crippen LogP contribution in [0.5, 0.6) is 0 Å². The van der Waals surface area contributed by atoms with Crippen LogP contribution in [0.3, 0.4) is 0 Å². The molecule has 0 saturated carbocycles. The summed E-state index contributed by atoms with van der Waals surface area (Å²) in [5.41, 5.74) is 0.549. The van der Waals surface area contributed by atoms with E-state index >= 15 is 0 Å². The number of carbonyl (C=O) groups excluding carboxylic acids is 1. The molecule has 0 fully saturated rings. The highest BCUT2D eigenvalue weighted by molar-refractivity contribution is 7.93. The normalized spacial score (nSPS) is 12.9. The average Bonchev–Trinajstić information content (AvgIpc) is 2.94. The van der Waals surface area contributed by atoms with E-state index < -0.39 is 16.0 Å². The van der Waals surface area contributed by atoms with Crippen LogP contribution in [0.2, 0.25) is 5.15 Å². The van der Waals surface area contributed by atoms with Gasteiger partial charge in [0.05, 0.1) is 22.3 Å². The van der Waals surface area contributed by atoms with Crippen molar-refractivity contribution in [3.63, 3.8) is 0 Å². The van der Waals surface area contributed by atoms with Crippen molar-refractivity contribution in [3.8, 4) is 0 Å². The zero-order valence-electron chi connectivity index (χ0n) is 13.4. The van der Waals surface area contributed by atoms with Crippen LogP contribution in [0, 0.1) is 0 Å². The molecule has 3 aromatic rings. The van der Waals surface area contributed by atoms with Gasteiger partial charge in [-0.1, -0.05) is 23.7 Å². The van der Waals surface area contributed by atoms with Gasteiger partial charge in [-0.3, -0.25) is 9.52 Å². The smallest absolute Gasteiger partial charge is 0.338 e. The summed E-state index contributed by atoms with van der Waals surface area (Å²) >= 11 is 5.70. The Hall–Kier alpha value is -3.17. The van der Waals surface area contributed by atoms with Gasteiger partial charge >= 0.3 is 5.97 Å². The topological polar surface area (TPSA) is 125 Å². The predicted molar refractivity (Wildman–Crippen MR) is 98.9 cm³/mol. The number of hydrogen-bond acceptors (Lipinski definition) is 5. The molecule has 10 heteroatoms. The molecular weight excluding hydrogens is 394 g/mol. The average molecular weight is 404 g/mol. The molecule has 2 aromatic carbocycles.